The molecule has 27 heavy (non-hydrogen) atoms. The molecule has 8 heteroatoms. The van der Waals surface area contributed by atoms with Crippen molar-refractivity contribution in [3.63, 3.8) is 0 Å². The number of benzene rings is 1. The van der Waals surface area contributed by atoms with Gasteiger partial charge >= 0.3 is 5.97 Å². The second-order valence-corrected chi connectivity index (χ2v) is 7.39. The lowest BCUT2D eigenvalue weighted by atomic mass is 9.99. The maximum atomic E-state index is 11.3. The highest BCUT2D eigenvalue weighted by Crippen LogP contribution is 2.28. The Balaban J connectivity index is 0.00000261. The third kappa shape index (κ3) is 6.86. The predicted molar refractivity (Wildman–Crippen MR) is 111 cm³/mol. The first-order chi connectivity index (χ1) is 12.7. The van der Waals surface area contributed by atoms with Crippen molar-refractivity contribution in [3.8, 4) is 5.75 Å². The number of hydrogen-bond donors (Lipinski definition) is 1. The number of nitrogens with one attached hydrogen (secondary N) is 1. The minimum atomic E-state index is -0.350. The maximum absolute atomic E-state index is 11.3. The fourth-order valence-corrected chi connectivity index (χ4v) is 3.96. The Morgan fingerprint density at radius 1 is 1.19 bits per heavy atom. The van der Waals surface area contributed by atoms with Crippen molar-refractivity contribution < 1.29 is 14.3 Å². The van der Waals surface area contributed by atoms with Gasteiger partial charge in [-0.25, -0.2) is 4.79 Å². The molecule has 2 aromatic rings. The number of esters is 1. The lowest BCUT2D eigenvalue weighted by Gasteiger charge is -2.19. The number of carbonyl (C=O) groups excluding carboxylic acids is 1. The average Bonchev–Trinajstić information content (AvgIpc) is 3.16. The molecule has 1 aromatic heterocycles. The van der Waals surface area contributed by atoms with Crippen molar-refractivity contribution in [3.05, 3.63) is 39.8 Å². The fraction of sp³-hybridized carbons (Fsp3) is 0.526. The first-order valence-electron chi connectivity index (χ1n) is 9.15. The van der Waals surface area contributed by atoms with Crippen molar-refractivity contribution in [2.24, 2.45) is 0 Å². The zero-order valence-electron chi connectivity index (χ0n) is 15.5. The van der Waals surface area contributed by atoms with E-state index in [1.54, 1.807) is 18.3 Å². The molecule has 0 atom stereocenters. The summed E-state index contributed by atoms with van der Waals surface area (Å²) in [6.45, 7) is 4.23. The molecule has 1 aliphatic rings. The number of hydrogen-bond acceptors (Lipinski definition) is 7. The van der Waals surface area contributed by atoms with Crippen LogP contribution in [0.25, 0.3) is 0 Å². The Labute approximate surface area is 174 Å². The van der Waals surface area contributed by atoms with Gasteiger partial charge in [-0.15, -0.1) is 38.5 Å². The molecule has 0 saturated carbocycles. The van der Waals surface area contributed by atoms with E-state index in [1.165, 1.54) is 10.6 Å². The molecular weight excluding hydrogens is 430 g/mol. The second-order valence-electron chi connectivity index (χ2n) is 6.30. The van der Waals surface area contributed by atoms with Crippen LogP contribution in [0.15, 0.2) is 24.3 Å². The van der Waals surface area contributed by atoms with Crippen molar-refractivity contribution >= 4 is 34.3 Å². The topological polar surface area (TPSA) is 73.3 Å². The third-order valence-electron chi connectivity index (χ3n) is 4.38. The van der Waals surface area contributed by atoms with Crippen LogP contribution in [0.1, 0.15) is 41.3 Å². The van der Waals surface area contributed by atoms with Crippen LogP contribution in [0.3, 0.4) is 0 Å². The summed E-state index contributed by atoms with van der Waals surface area (Å²) in [6.07, 6.45) is 4.12. The largest absolute Gasteiger partial charge is 0.482 e. The van der Waals surface area contributed by atoms with E-state index in [2.05, 4.69) is 15.5 Å². The van der Waals surface area contributed by atoms with E-state index in [1.807, 2.05) is 24.3 Å². The lowest BCUT2D eigenvalue weighted by molar-refractivity contribution is -0.145. The molecule has 1 saturated heterocycles. The SMILES string of the molecule is Br.CCOC(=O)COc1ccc(CCc2nnc(C3CCNCC3)s2)cc1. The molecule has 0 spiro atoms. The molecule has 1 N–H and O–H groups in total. The number of nitrogens with zero attached hydrogens (tertiary/aromatic N) is 2. The van der Waals surface area contributed by atoms with Crippen LogP contribution in [0.4, 0.5) is 0 Å². The van der Waals surface area contributed by atoms with E-state index in [4.69, 9.17) is 9.47 Å². The van der Waals surface area contributed by atoms with Crippen LogP contribution in [0, 0.1) is 0 Å². The highest BCUT2D eigenvalue weighted by atomic mass is 79.9. The van der Waals surface area contributed by atoms with Gasteiger partial charge in [0.05, 0.1) is 6.61 Å². The van der Waals surface area contributed by atoms with Gasteiger partial charge in [0.25, 0.3) is 0 Å². The molecule has 3 rings (SSSR count). The Morgan fingerprint density at radius 3 is 2.63 bits per heavy atom. The number of halogens is 1. The maximum Gasteiger partial charge on any atom is 0.344 e. The van der Waals surface area contributed by atoms with E-state index < -0.39 is 0 Å². The molecule has 0 amide bonds. The second kappa shape index (κ2) is 11.4. The summed E-state index contributed by atoms with van der Waals surface area (Å²) >= 11 is 1.75. The Morgan fingerprint density at radius 2 is 1.93 bits per heavy atom. The summed E-state index contributed by atoms with van der Waals surface area (Å²) in [7, 11) is 0. The molecule has 2 heterocycles. The monoisotopic (exact) mass is 455 g/mol. The molecule has 6 nitrogen and oxygen atoms in total. The van der Waals surface area contributed by atoms with Crippen LogP contribution in [-0.4, -0.2) is 42.5 Å². The Hall–Kier alpha value is -1.51. The Kier molecular flexibility index (Phi) is 9.17. The molecule has 1 aromatic carbocycles. The summed E-state index contributed by atoms with van der Waals surface area (Å²) in [5, 5.41) is 14.4. The molecule has 0 unspecified atom stereocenters. The van der Waals surface area contributed by atoms with E-state index in [0.717, 1.165) is 43.8 Å². The molecule has 0 aliphatic carbocycles. The van der Waals surface area contributed by atoms with E-state index >= 15 is 0 Å². The van der Waals surface area contributed by atoms with Gasteiger partial charge in [-0.1, -0.05) is 12.1 Å². The van der Waals surface area contributed by atoms with Crippen LogP contribution in [0.2, 0.25) is 0 Å². The van der Waals surface area contributed by atoms with Crippen molar-refractivity contribution in [2.75, 3.05) is 26.3 Å². The van der Waals surface area contributed by atoms with E-state index in [9.17, 15) is 4.79 Å². The first-order valence-corrected chi connectivity index (χ1v) is 9.96. The van der Waals surface area contributed by atoms with Crippen LogP contribution in [-0.2, 0) is 22.4 Å². The minimum absolute atomic E-state index is 0. The van der Waals surface area contributed by atoms with Gasteiger partial charge in [0.2, 0.25) is 0 Å². The number of aryl methyl sites for hydroxylation is 2. The summed E-state index contributed by atoms with van der Waals surface area (Å²) in [5.41, 5.74) is 1.21. The number of ether oxygens (including phenoxy) is 2. The normalized spacial score (nSPS) is 14.4. The Bertz CT molecular complexity index is 702. The van der Waals surface area contributed by atoms with Gasteiger partial charge in [-0.2, -0.15) is 0 Å². The fourth-order valence-electron chi connectivity index (χ4n) is 2.95. The zero-order valence-corrected chi connectivity index (χ0v) is 18.0. The molecular formula is C19H26BrN3O3S. The quantitative estimate of drug-likeness (QED) is 0.615. The molecule has 148 valence electrons. The molecule has 0 radical (unpaired) electrons. The standard InChI is InChI=1S/C19H25N3O3S.BrH/c1-2-24-18(23)13-25-16-6-3-14(4-7-16)5-8-17-21-22-19(26-17)15-9-11-20-12-10-15;/h3-4,6-7,15,20H,2,5,8-13H2,1H3;1H. The number of piperidine rings is 1. The predicted octanol–water partition coefficient (Wildman–Crippen LogP) is 3.31. The summed E-state index contributed by atoms with van der Waals surface area (Å²) in [5.74, 6) is 0.890. The van der Waals surface area contributed by atoms with Crippen LogP contribution < -0.4 is 10.1 Å². The summed E-state index contributed by atoms with van der Waals surface area (Å²) < 4.78 is 10.3. The zero-order chi connectivity index (χ0) is 18.2. The lowest BCUT2D eigenvalue weighted by Crippen LogP contribution is -2.26. The summed E-state index contributed by atoms with van der Waals surface area (Å²) in [4.78, 5) is 11.3. The van der Waals surface area contributed by atoms with E-state index in [0.29, 0.717) is 18.3 Å². The highest BCUT2D eigenvalue weighted by Gasteiger charge is 2.19. The van der Waals surface area contributed by atoms with Crippen molar-refractivity contribution in [1.29, 1.82) is 0 Å². The molecule has 1 aliphatic heterocycles. The number of carbonyl (C=O) groups is 1. The van der Waals surface area contributed by atoms with Gasteiger partial charge < -0.3 is 14.8 Å². The minimum Gasteiger partial charge on any atom is -0.482 e. The summed E-state index contributed by atoms with van der Waals surface area (Å²) in [6, 6.07) is 7.81. The third-order valence-corrected chi connectivity index (χ3v) is 5.53. The van der Waals surface area contributed by atoms with Gasteiger partial charge in [-0.05, 0) is 57.0 Å². The number of rotatable bonds is 8. The highest BCUT2D eigenvalue weighted by molar-refractivity contribution is 8.93. The van der Waals surface area contributed by atoms with Gasteiger partial charge in [-0.3, -0.25) is 0 Å². The van der Waals surface area contributed by atoms with Gasteiger partial charge in [0.15, 0.2) is 6.61 Å². The molecule has 1 fully saturated rings. The van der Waals surface area contributed by atoms with Crippen LogP contribution in [0.5, 0.6) is 5.75 Å². The van der Waals surface area contributed by atoms with Gasteiger partial charge in [0.1, 0.15) is 15.8 Å². The average molecular weight is 456 g/mol. The number of aromatic nitrogens is 2. The first kappa shape index (κ1) is 21.8. The van der Waals surface area contributed by atoms with Crippen molar-refractivity contribution in [1.82, 2.24) is 15.5 Å². The van der Waals surface area contributed by atoms with Crippen molar-refractivity contribution in [2.45, 2.75) is 38.5 Å². The smallest absolute Gasteiger partial charge is 0.344 e. The van der Waals surface area contributed by atoms with E-state index in [-0.39, 0.29) is 29.6 Å². The van der Waals surface area contributed by atoms with Crippen LogP contribution >= 0.6 is 28.3 Å². The molecule has 0 bridgehead atoms. The van der Waals surface area contributed by atoms with Gasteiger partial charge in [0, 0.05) is 12.3 Å².